The Bertz CT molecular complexity index is 687. The van der Waals surface area contributed by atoms with Crippen LogP contribution in [0.15, 0.2) is 34.8 Å². The van der Waals surface area contributed by atoms with Crippen molar-refractivity contribution in [1.82, 2.24) is 0 Å². The summed E-state index contributed by atoms with van der Waals surface area (Å²) in [7, 11) is 0. The van der Waals surface area contributed by atoms with Crippen LogP contribution in [0.2, 0.25) is 5.02 Å². The first-order chi connectivity index (χ1) is 9.68. The van der Waals surface area contributed by atoms with Crippen LogP contribution in [-0.2, 0) is 6.18 Å². The summed E-state index contributed by atoms with van der Waals surface area (Å²) >= 11 is 9.16. The van der Waals surface area contributed by atoms with Crippen LogP contribution in [-0.4, -0.2) is 0 Å². The number of aryl methyl sites for hydroxylation is 1. The predicted molar refractivity (Wildman–Crippen MR) is 83.0 cm³/mol. The molecule has 0 saturated heterocycles. The standard InChI is InChI=1S/C14H11BrClF3N2/c1-7-4-11(20)10(16)6-12(7)21-13-5-8(14(17,18)19)2-3-9(13)15/h2-6,21H,20H2,1H3. The van der Waals surface area contributed by atoms with Gasteiger partial charge in [0.25, 0.3) is 0 Å². The summed E-state index contributed by atoms with van der Waals surface area (Å²) in [6, 6.07) is 6.64. The van der Waals surface area contributed by atoms with Crippen molar-refractivity contribution in [2.45, 2.75) is 13.1 Å². The van der Waals surface area contributed by atoms with Gasteiger partial charge < -0.3 is 11.1 Å². The molecule has 0 atom stereocenters. The van der Waals surface area contributed by atoms with E-state index in [4.69, 9.17) is 17.3 Å². The monoisotopic (exact) mass is 378 g/mol. The van der Waals surface area contributed by atoms with E-state index in [0.717, 1.165) is 17.7 Å². The fraction of sp³-hybridized carbons (Fsp3) is 0.143. The highest BCUT2D eigenvalue weighted by atomic mass is 79.9. The highest BCUT2D eigenvalue weighted by Gasteiger charge is 2.30. The molecule has 0 aromatic heterocycles. The Balaban J connectivity index is 2.42. The summed E-state index contributed by atoms with van der Waals surface area (Å²) in [6.45, 7) is 1.79. The van der Waals surface area contributed by atoms with E-state index < -0.39 is 11.7 Å². The normalized spacial score (nSPS) is 11.5. The molecule has 2 aromatic carbocycles. The first-order valence-corrected chi connectivity index (χ1v) is 7.05. The largest absolute Gasteiger partial charge is 0.416 e. The van der Waals surface area contributed by atoms with Gasteiger partial charge in [-0.25, -0.2) is 0 Å². The number of nitrogens with two attached hydrogens (primary N) is 1. The maximum Gasteiger partial charge on any atom is 0.416 e. The van der Waals surface area contributed by atoms with Gasteiger partial charge in [-0.15, -0.1) is 0 Å². The summed E-state index contributed by atoms with van der Waals surface area (Å²) in [4.78, 5) is 0. The van der Waals surface area contributed by atoms with Gasteiger partial charge in [0.15, 0.2) is 0 Å². The molecular formula is C14H11BrClF3N2. The lowest BCUT2D eigenvalue weighted by Gasteiger charge is -2.15. The second-order valence-electron chi connectivity index (χ2n) is 4.51. The average molecular weight is 380 g/mol. The van der Waals surface area contributed by atoms with Gasteiger partial charge >= 0.3 is 6.18 Å². The van der Waals surface area contributed by atoms with Crippen LogP contribution >= 0.6 is 27.5 Å². The topological polar surface area (TPSA) is 38.0 Å². The summed E-state index contributed by atoms with van der Waals surface area (Å²) < 4.78 is 38.8. The van der Waals surface area contributed by atoms with Gasteiger partial charge in [-0.1, -0.05) is 11.6 Å². The van der Waals surface area contributed by atoms with Crippen LogP contribution in [0.3, 0.4) is 0 Å². The highest BCUT2D eigenvalue weighted by molar-refractivity contribution is 9.10. The third kappa shape index (κ3) is 3.63. The van der Waals surface area contributed by atoms with Crippen LogP contribution in [0.4, 0.5) is 30.2 Å². The van der Waals surface area contributed by atoms with E-state index in [2.05, 4.69) is 21.2 Å². The summed E-state index contributed by atoms with van der Waals surface area (Å²) in [5.41, 5.74) is 7.04. The van der Waals surface area contributed by atoms with E-state index in [0.29, 0.717) is 26.6 Å². The Morgan fingerprint density at radius 2 is 1.81 bits per heavy atom. The number of hydrogen-bond acceptors (Lipinski definition) is 2. The summed E-state index contributed by atoms with van der Waals surface area (Å²) in [6.07, 6.45) is -4.40. The molecule has 0 spiro atoms. The molecule has 0 aliphatic rings. The molecule has 3 N–H and O–H groups in total. The molecule has 7 heteroatoms. The van der Waals surface area contributed by atoms with Crippen molar-refractivity contribution in [3.8, 4) is 0 Å². The van der Waals surface area contributed by atoms with Crippen LogP contribution in [0, 0.1) is 6.92 Å². The van der Waals surface area contributed by atoms with E-state index in [1.54, 1.807) is 19.1 Å². The molecule has 0 fully saturated rings. The van der Waals surface area contributed by atoms with E-state index >= 15 is 0 Å². The quantitative estimate of drug-likeness (QED) is 0.651. The van der Waals surface area contributed by atoms with Crippen molar-refractivity contribution >= 4 is 44.6 Å². The second kappa shape index (κ2) is 5.77. The van der Waals surface area contributed by atoms with Crippen molar-refractivity contribution in [3.05, 3.63) is 51.0 Å². The molecule has 21 heavy (non-hydrogen) atoms. The zero-order valence-corrected chi connectivity index (χ0v) is 13.2. The van der Waals surface area contributed by atoms with Crippen molar-refractivity contribution in [3.63, 3.8) is 0 Å². The zero-order valence-electron chi connectivity index (χ0n) is 10.9. The number of rotatable bonds is 2. The number of nitrogen functional groups attached to an aromatic ring is 1. The third-order valence-corrected chi connectivity index (χ3v) is 3.93. The number of anilines is 3. The summed E-state index contributed by atoms with van der Waals surface area (Å²) in [5.74, 6) is 0. The number of hydrogen-bond donors (Lipinski definition) is 2. The molecule has 0 aliphatic heterocycles. The summed E-state index contributed by atoms with van der Waals surface area (Å²) in [5, 5.41) is 3.27. The van der Waals surface area contributed by atoms with Gasteiger partial charge in [-0.2, -0.15) is 13.2 Å². The third-order valence-electron chi connectivity index (χ3n) is 2.91. The maximum absolute atomic E-state index is 12.8. The SMILES string of the molecule is Cc1cc(N)c(Cl)cc1Nc1cc(C(F)(F)F)ccc1Br. The van der Waals surface area contributed by atoms with Crippen LogP contribution < -0.4 is 11.1 Å². The minimum absolute atomic E-state index is 0.300. The fourth-order valence-electron chi connectivity index (χ4n) is 1.78. The molecule has 2 nitrogen and oxygen atoms in total. The van der Waals surface area contributed by atoms with Crippen molar-refractivity contribution in [1.29, 1.82) is 0 Å². The average Bonchev–Trinajstić information content (AvgIpc) is 2.37. The Morgan fingerprint density at radius 1 is 1.14 bits per heavy atom. The minimum Gasteiger partial charge on any atom is -0.398 e. The van der Waals surface area contributed by atoms with Gasteiger partial charge in [0, 0.05) is 10.2 Å². The first kappa shape index (κ1) is 16.0. The van der Waals surface area contributed by atoms with Gasteiger partial charge in [0.05, 0.1) is 22.0 Å². The van der Waals surface area contributed by atoms with Crippen molar-refractivity contribution < 1.29 is 13.2 Å². The number of benzene rings is 2. The lowest BCUT2D eigenvalue weighted by atomic mass is 10.1. The first-order valence-electron chi connectivity index (χ1n) is 5.88. The second-order valence-corrected chi connectivity index (χ2v) is 5.77. The van der Waals surface area contributed by atoms with Gasteiger partial charge in [0.1, 0.15) is 0 Å². The fourth-order valence-corrected chi connectivity index (χ4v) is 2.29. The van der Waals surface area contributed by atoms with Gasteiger partial charge in [0.2, 0.25) is 0 Å². The molecule has 0 heterocycles. The maximum atomic E-state index is 12.8. The van der Waals surface area contributed by atoms with Gasteiger partial charge in [-0.3, -0.25) is 0 Å². The van der Waals surface area contributed by atoms with Crippen LogP contribution in [0.5, 0.6) is 0 Å². The highest BCUT2D eigenvalue weighted by Crippen LogP contribution is 2.36. The van der Waals surface area contributed by atoms with Gasteiger partial charge in [-0.05, 0) is 58.7 Å². The smallest absolute Gasteiger partial charge is 0.398 e. The van der Waals surface area contributed by atoms with Crippen molar-refractivity contribution in [2.24, 2.45) is 0 Å². The Hall–Kier alpha value is -1.40. The lowest BCUT2D eigenvalue weighted by molar-refractivity contribution is -0.137. The molecule has 0 aliphatic carbocycles. The number of alkyl halides is 3. The zero-order chi connectivity index (χ0) is 15.8. The Kier molecular flexibility index (Phi) is 4.39. The van der Waals surface area contributed by atoms with Crippen LogP contribution in [0.25, 0.3) is 0 Å². The Labute approximate surface area is 133 Å². The van der Waals surface area contributed by atoms with E-state index in [1.165, 1.54) is 6.07 Å². The van der Waals surface area contributed by atoms with E-state index in [1.807, 2.05) is 0 Å². The van der Waals surface area contributed by atoms with Crippen LogP contribution in [0.1, 0.15) is 11.1 Å². The molecule has 2 aromatic rings. The molecule has 0 amide bonds. The molecule has 0 unspecified atom stereocenters. The lowest BCUT2D eigenvalue weighted by Crippen LogP contribution is -2.06. The van der Waals surface area contributed by atoms with Crippen molar-refractivity contribution in [2.75, 3.05) is 11.1 Å². The number of nitrogens with one attached hydrogen (secondary N) is 1. The molecular weight excluding hydrogens is 369 g/mol. The molecule has 0 bridgehead atoms. The molecule has 2 rings (SSSR count). The molecule has 112 valence electrons. The molecule has 0 radical (unpaired) electrons. The minimum atomic E-state index is -4.40. The van der Waals surface area contributed by atoms with E-state index in [-0.39, 0.29) is 0 Å². The Morgan fingerprint density at radius 3 is 2.43 bits per heavy atom. The molecule has 0 saturated carbocycles. The predicted octanol–water partition coefficient (Wildman–Crippen LogP) is 5.76. The number of halogens is 5. The van der Waals surface area contributed by atoms with E-state index in [9.17, 15) is 13.2 Å².